The van der Waals surface area contributed by atoms with E-state index in [9.17, 15) is 14.0 Å². The molecule has 1 aromatic carbocycles. The Kier molecular flexibility index (Phi) is 6.91. The van der Waals surface area contributed by atoms with Crippen molar-refractivity contribution in [3.63, 3.8) is 0 Å². The second-order valence-corrected chi connectivity index (χ2v) is 10.0. The minimum absolute atomic E-state index is 0.0196. The molecule has 2 saturated heterocycles. The van der Waals surface area contributed by atoms with E-state index in [0.717, 1.165) is 75.9 Å². The van der Waals surface area contributed by atoms with Crippen molar-refractivity contribution in [2.45, 2.75) is 61.5 Å². The van der Waals surface area contributed by atoms with Crippen molar-refractivity contribution in [3.05, 3.63) is 30.1 Å². The Balaban J connectivity index is 1.14. The monoisotopic (exact) mass is 418 g/mol. The number of nitrogens with zero attached hydrogens (tertiary/aromatic N) is 2. The molecule has 0 spiro atoms. The van der Waals surface area contributed by atoms with Crippen LogP contribution in [-0.4, -0.2) is 53.0 Å². The van der Waals surface area contributed by atoms with Crippen molar-refractivity contribution in [1.29, 1.82) is 0 Å². The highest BCUT2D eigenvalue weighted by atomic mass is 32.2. The lowest BCUT2D eigenvalue weighted by atomic mass is 9.81. The fourth-order valence-corrected chi connectivity index (χ4v) is 6.14. The van der Waals surface area contributed by atoms with E-state index in [1.54, 1.807) is 4.90 Å². The van der Waals surface area contributed by atoms with Gasteiger partial charge in [-0.1, -0.05) is 12.8 Å². The average molecular weight is 419 g/mol. The quantitative estimate of drug-likeness (QED) is 0.488. The summed E-state index contributed by atoms with van der Waals surface area (Å²) in [5.74, 6) is -0.0281. The summed E-state index contributed by atoms with van der Waals surface area (Å²) >= 11 is 1.86. The number of imide groups is 1. The minimum atomic E-state index is -0.180. The van der Waals surface area contributed by atoms with E-state index in [1.807, 2.05) is 23.9 Å². The van der Waals surface area contributed by atoms with Gasteiger partial charge in [0, 0.05) is 16.7 Å². The molecule has 4 nitrogen and oxygen atoms in total. The zero-order valence-corrected chi connectivity index (χ0v) is 17.8. The maximum absolute atomic E-state index is 13.0. The van der Waals surface area contributed by atoms with E-state index in [0.29, 0.717) is 11.8 Å². The largest absolute Gasteiger partial charge is 0.303 e. The smallest absolute Gasteiger partial charge is 0.233 e. The van der Waals surface area contributed by atoms with Gasteiger partial charge < -0.3 is 4.90 Å². The van der Waals surface area contributed by atoms with Crippen LogP contribution in [0.5, 0.6) is 0 Å². The van der Waals surface area contributed by atoms with Gasteiger partial charge in [-0.2, -0.15) is 0 Å². The van der Waals surface area contributed by atoms with Crippen LogP contribution in [0, 0.1) is 17.7 Å². The Bertz CT molecular complexity index is 694. The molecular weight excluding hydrogens is 387 g/mol. The molecule has 6 heteroatoms. The lowest BCUT2D eigenvalue weighted by molar-refractivity contribution is -0.140. The molecule has 0 N–H and O–H groups in total. The van der Waals surface area contributed by atoms with Crippen molar-refractivity contribution in [2.24, 2.45) is 11.8 Å². The first-order valence-electron chi connectivity index (χ1n) is 11.1. The summed E-state index contributed by atoms with van der Waals surface area (Å²) in [5.41, 5.74) is 0. The van der Waals surface area contributed by atoms with Crippen molar-refractivity contribution in [1.82, 2.24) is 9.80 Å². The number of carbonyl (C=O) groups is 2. The molecule has 0 radical (unpaired) electrons. The predicted molar refractivity (Wildman–Crippen MR) is 113 cm³/mol. The number of unbranched alkanes of at least 4 members (excludes halogenated alkanes) is 1. The van der Waals surface area contributed by atoms with E-state index in [-0.39, 0.29) is 29.5 Å². The maximum Gasteiger partial charge on any atom is 0.233 e. The van der Waals surface area contributed by atoms with Crippen LogP contribution in [0.25, 0.3) is 0 Å². The summed E-state index contributed by atoms with van der Waals surface area (Å²) in [4.78, 5) is 30.2. The van der Waals surface area contributed by atoms with Crippen LogP contribution in [0.3, 0.4) is 0 Å². The van der Waals surface area contributed by atoms with E-state index >= 15 is 0 Å². The van der Waals surface area contributed by atoms with Crippen LogP contribution < -0.4 is 0 Å². The summed E-state index contributed by atoms with van der Waals surface area (Å²) in [6.07, 6.45) is 8.20. The number of amides is 2. The van der Waals surface area contributed by atoms with Gasteiger partial charge in [0.2, 0.25) is 11.8 Å². The fourth-order valence-electron chi connectivity index (χ4n) is 5.01. The molecule has 29 heavy (non-hydrogen) atoms. The average Bonchev–Trinajstić information content (AvgIpc) is 2.99. The van der Waals surface area contributed by atoms with E-state index in [2.05, 4.69) is 4.90 Å². The van der Waals surface area contributed by atoms with Gasteiger partial charge in [0.15, 0.2) is 0 Å². The molecular formula is C23H31FN2O2S. The molecule has 158 valence electrons. The number of thioether (sulfide) groups is 1. The lowest BCUT2D eigenvalue weighted by Crippen LogP contribution is -2.36. The summed E-state index contributed by atoms with van der Waals surface area (Å²) in [7, 11) is 0. The van der Waals surface area contributed by atoms with Crippen LogP contribution in [0.2, 0.25) is 0 Å². The molecule has 1 aromatic rings. The van der Waals surface area contributed by atoms with Gasteiger partial charge >= 0.3 is 0 Å². The van der Waals surface area contributed by atoms with Gasteiger partial charge in [0.1, 0.15) is 5.82 Å². The SMILES string of the molecule is O=C1C2CCCCC2C(=O)N1CCCCN1CCC(Sc2ccc(F)cc2)CC1. The standard InChI is InChI=1S/C23H31FN2O2S/c24-17-7-9-18(10-8-17)29-19-11-15-25(16-12-19)13-3-4-14-26-22(27)20-5-1-2-6-21(20)23(26)28/h7-10,19-21H,1-6,11-16H2. The Hall–Kier alpha value is -1.40. The highest BCUT2D eigenvalue weighted by Gasteiger charge is 2.47. The Morgan fingerprint density at radius 1 is 0.862 bits per heavy atom. The van der Waals surface area contributed by atoms with Gasteiger partial charge in [0.25, 0.3) is 0 Å². The summed E-state index contributed by atoms with van der Waals surface area (Å²) in [6.45, 7) is 3.81. The molecule has 1 aliphatic carbocycles. The van der Waals surface area contributed by atoms with E-state index in [1.165, 1.54) is 12.1 Å². The number of piperidine rings is 1. The van der Waals surface area contributed by atoms with E-state index < -0.39 is 0 Å². The first kappa shape index (κ1) is 20.9. The topological polar surface area (TPSA) is 40.6 Å². The number of fused-ring (bicyclic) bond motifs is 1. The number of benzene rings is 1. The van der Waals surface area contributed by atoms with Gasteiger partial charge in [-0.15, -0.1) is 11.8 Å². The Morgan fingerprint density at radius 2 is 1.45 bits per heavy atom. The minimum Gasteiger partial charge on any atom is -0.303 e. The maximum atomic E-state index is 13.0. The number of carbonyl (C=O) groups excluding carboxylic acids is 2. The lowest BCUT2D eigenvalue weighted by Gasteiger charge is -2.31. The second kappa shape index (κ2) is 9.61. The summed E-state index contributed by atoms with van der Waals surface area (Å²) in [6, 6.07) is 6.79. The third-order valence-electron chi connectivity index (χ3n) is 6.69. The zero-order chi connectivity index (χ0) is 20.2. The third kappa shape index (κ3) is 5.02. The molecule has 2 unspecified atom stereocenters. The number of rotatable bonds is 7. The Morgan fingerprint density at radius 3 is 2.07 bits per heavy atom. The molecule has 4 rings (SSSR count). The van der Waals surface area contributed by atoms with Crippen LogP contribution in [-0.2, 0) is 9.59 Å². The Labute approximate surface area is 177 Å². The molecule has 1 saturated carbocycles. The highest BCUT2D eigenvalue weighted by Crippen LogP contribution is 2.38. The van der Waals surface area contributed by atoms with Gasteiger partial charge in [-0.3, -0.25) is 14.5 Å². The van der Waals surface area contributed by atoms with Crippen molar-refractivity contribution < 1.29 is 14.0 Å². The molecule has 0 aromatic heterocycles. The van der Waals surface area contributed by atoms with Crippen molar-refractivity contribution in [3.8, 4) is 0 Å². The van der Waals surface area contributed by atoms with Crippen molar-refractivity contribution in [2.75, 3.05) is 26.2 Å². The van der Waals surface area contributed by atoms with Gasteiger partial charge in [-0.25, -0.2) is 4.39 Å². The first-order valence-corrected chi connectivity index (χ1v) is 12.0. The molecule has 2 aliphatic heterocycles. The van der Waals surface area contributed by atoms with Crippen LogP contribution in [0.15, 0.2) is 29.2 Å². The molecule has 2 amide bonds. The molecule has 0 bridgehead atoms. The summed E-state index contributed by atoms with van der Waals surface area (Å²) < 4.78 is 13.0. The normalized spacial score (nSPS) is 26.2. The molecule has 2 atom stereocenters. The van der Waals surface area contributed by atoms with Gasteiger partial charge in [-0.05, 0) is 82.4 Å². The molecule has 3 aliphatic rings. The zero-order valence-electron chi connectivity index (χ0n) is 17.0. The summed E-state index contributed by atoms with van der Waals surface area (Å²) in [5, 5.41) is 0.597. The molecule has 3 fully saturated rings. The first-order chi connectivity index (χ1) is 14.1. The number of hydrogen-bond acceptors (Lipinski definition) is 4. The second-order valence-electron chi connectivity index (χ2n) is 8.65. The van der Waals surface area contributed by atoms with Crippen molar-refractivity contribution >= 4 is 23.6 Å². The highest BCUT2D eigenvalue weighted by molar-refractivity contribution is 8.00. The molecule has 2 heterocycles. The number of halogens is 1. The fraction of sp³-hybridized carbons (Fsp3) is 0.652. The van der Waals surface area contributed by atoms with E-state index in [4.69, 9.17) is 0 Å². The third-order valence-corrected chi connectivity index (χ3v) is 8.04. The number of likely N-dealkylation sites (tertiary alicyclic amines) is 2. The van der Waals surface area contributed by atoms with Crippen LogP contribution in [0.1, 0.15) is 51.4 Å². The predicted octanol–water partition coefficient (Wildman–Crippen LogP) is 4.34. The van der Waals surface area contributed by atoms with Crippen LogP contribution in [0.4, 0.5) is 4.39 Å². The van der Waals surface area contributed by atoms with Crippen LogP contribution >= 0.6 is 11.8 Å². The number of hydrogen-bond donors (Lipinski definition) is 0. The van der Waals surface area contributed by atoms with Gasteiger partial charge in [0.05, 0.1) is 11.8 Å².